The van der Waals surface area contributed by atoms with E-state index < -0.39 is 6.61 Å². The third-order valence-electron chi connectivity index (χ3n) is 2.75. The van der Waals surface area contributed by atoms with E-state index in [9.17, 15) is 8.78 Å². The first-order valence-corrected chi connectivity index (χ1v) is 6.19. The summed E-state index contributed by atoms with van der Waals surface area (Å²) in [5.74, 6) is 0.0707. The molecule has 0 radical (unpaired) electrons. The number of aromatic nitrogens is 1. The lowest BCUT2D eigenvalue weighted by atomic mass is 10.1. The van der Waals surface area contributed by atoms with Crippen LogP contribution in [0.1, 0.15) is 18.9 Å². The number of benzene rings is 1. The molecule has 0 bridgehead atoms. The SMILES string of the molecule is CCCc1ccc(-c2ccc(OC(F)F)cn2)cc1. The van der Waals surface area contributed by atoms with E-state index in [1.54, 1.807) is 6.07 Å². The Hall–Kier alpha value is -1.97. The Bertz CT molecular complexity index is 509. The van der Waals surface area contributed by atoms with E-state index in [-0.39, 0.29) is 5.75 Å². The number of hydrogen-bond acceptors (Lipinski definition) is 2. The molecule has 0 saturated carbocycles. The molecule has 100 valence electrons. The van der Waals surface area contributed by atoms with Gasteiger partial charge in [-0.3, -0.25) is 4.98 Å². The maximum absolute atomic E-state index is 12.0. The van der Waals surface area contributed by atoms with Gasteiger partial charge in [0.1, 0.15) is 5.75 Å². The molecular weight excluding hydrogens is 248 g/mol. The van der Waals surface area contributed by atoms with Crippen molar-refractivity contribution in [2.45, 2.75) is 26.4 Å². The number of halogens is 2. The minimum absolute atomic E-state index is 0.0707. The summed E-state index contributed by atoms with van der Waals surface area (Å²) in [7, 11) is 0. The monoisotopic (exact) mass is 263 g/mol. The molecule has 2 aromatic rings. The topological polar surface area (TPSA) is 22.1 Å². The van der Waals surface area contributed by atoms with Gasteiger partial charge >= 0.3 is 6.61 Å². The first-order valence-electron chi connectivity index (χ1n) is 6.19. The second-order valence-electron chi connectivity index (χ2n) is 4.20. The van der Waals surface area contributed by atoms with Gasteiger partial charge in [-0.05, 0) is 24.1 Å². The zero-order valence-corrected chi connectivity index (χ0v) is 10.6. The smallest absolute Gasteiger partial charge is 0.387 e. The molecule has 2 rings (SSSR count). The number of alkyl halides is 2. The Balaban J connectivity index is 2.13. The minimum Gasteiger partial charge on any atom is -0.433 e. The first-order chi connectivity index (χ1) is 9.19. The molecule has 1 heterocycles. The van der Waals surface area contributed by atoms with Crippen molar-refractivity contribution >= 4 is 0 Å². The lowest BCUT2D eigenvalue weighted by Gasteiger charge is -2.06. The number of rotatable bonds is 5. The lowest BCUT2D eigenvalue weighted by molar-refractivity contribution is -0.0500. The van der Waals surface area contributed by atoms with Crippen molar-refractivity contribution in [2.24, 2.45) is 0 Å². The number of ether oxygens (including phenoxy) is 1. The van der Waals surface area contributed by atoms with Crippen LogP contribution in [0.2, 0.25) is 0 Å². The zero-order chi connectivity index (χ0) is 13.7. The fourth-order valence-corrected chi connectivity index (χ4v) is 1.85. The number of nitrogens with zero attached hydrogens (tertiary/aromatic N) is 1. The standard InChI is InChI=1S/C15H15F2NO/c1-2-3-11-4-6-12(7-5-11)14-9-8-13(10-18-14)19-15(16)17/h4-10,15H,2-3H2,1H3. The summed E-state index contributed by atoms with van der Waals surface area (Å²) in [5, 5.41) is 0. The van der Waals surface area contributed by atoms with E-state index in [0.29, 0.717) is 0 Å². The average molecular weight is 263 g/mol. The maximum atomic E-state index is 12.0. The maximum Gasteiger partial charge on any atom is 0.387 e. The van der Waals surface area contributed by atoms with Crippen LogP contribution in [0.25, 0.3) is 11.3 Å². The Labute approximate surface area is 111 Å². The van der Waals surface area contributed by atoms with Gasteiger partial charge < -0.3 is 4.74 Å². The predicted octanol–water partition coefficient (Wildman–Crippen LogP) is 4.30. The second-order valence-corrected chi connectivity index (χ2v) is 4.20. The van der Waals surface area contributed by atoms with Crippen molar-refractivity contribution < 1.29 is 13.5 Å². The molecule has 0 unspecified atom stereocenters. The average Bonchev–Trinajstić information content (AvgIpc) is 2.40. The fraction of sp³-hybridized carbons (Fsp3) is 0.267. The third kappa shape index (κ3) is 3.74. The van der Waals surface area contributed by atoms with Gasteiger partial charge in [0.05, 0.1) is 11.9 Å². The van der Waals surface area contributed by atoms with Crippen LogP contribution in [0.3, 0.4) is 0 Å². The Morgan fingerprint density at radius 1 is 1.11 bits per heavy atom. The van der Waals surface area contributed by atoms with E-state index in [1.165, 1.54) is 17.8 Å². The van der Waals surface area contributed by atoms with Gasteiger partial charge in [-0.25, -0.2) is 0 Å². The van der Waals surface area contributed by atoms with E-state index in [1.807, 2.05) is 12.1 Å². The highest BCUT2D eigenvalue weighted by atomic mass is 19.3. The highest BCUT2D eigenvalue weighted by Gasteiger charge is 2.05. The van der Waals surface area contributed by atoms with Crippen molar-refractivity contribution in [2.75, 3.05) is 0 Å². The summed E-state index contributed by atoms with van der Waals surface area (Å²) in [6.07, 6.45) is 3.47. The van der Waals surface area contributed by atoms with Crippen LogP contribution >= 0.6 is 0 Å². The molecule has 1 aromatic carbocycles. The third-order valence-corrected chi connectivity index (χ3v) is 2.75. The van der Waals surface area contributed by atoms with Gasteiger partial charge in [-0.1, -0.05) is 37.6 Å². The van der Waals surface area contributed by atoms with Crippen LogP contribution in [0, 0.1) is 0 Å². The Morgan fingerprint density at radius 2 is 1.84 bits per heavy atom. The van der Waals surface area contributed by atoms with E-state index >= 15 is 0 Å². The zero-order valence-electron chi connectivity index (χ0n) is 10.6. The number of aryl methyl sites for hydroxylation is 1. The van der Waals surface area contributed by atoms with E-state index in [2.05, 4.69) is 28.8 Å². The van der Waals surface area contributed by atoms with Crippen LogP contribution in [0.15, 0.2) is 42.6 Å². The molecule has 1 aromatic heterocycles. The van der Waals surface area contributed by atoms with Crippen LogP contribution in [-0.4, -0.2) is 11.6 Å². The summed E-state index contributed by atoms with van der Waals surface area (Å²) in [6, 6.07) is 11.3. The molecule has 0 fully saturated rings. The van der Waals surface area contributed by atoms with Gasteiger partial charge in [0.15, 0.2) is 0 Å². The van der Waals surface area contributed by atoms with Gasteiger partial charge in [0.2, 0.25) is 0 Å². The lowest BCUT2D eigenvalue weighted by Crippen LogP contribution is -2.02. The largest absolute Gasteiger partial charge is 0.433 e. The van der Waals surface area contributed by atoms with Gasteiger partial charge in [-0.15, -0.1) is 0 Å². The van der Waals surface area contributed by atoms with Crippen molar-refractivity contribution in [3.8, 4) is 17.0 Å². The quantitative estimate of drug-likeness (QED) is 0.802. The molecule has 0 atom stereocenters. The molecule has 0 spiro atoms. The molecule has 0 aliphatic rings. The van der Waals surface area contributed by atoms with Gasteiger partial charge in [0, 0.05) is 5.56 Å². The molecule has 0 aliphatic carbocycles. The number of hydrogen-bond donors (Lipinski definition) is 0. The van der Waals surface area contributed by atoms with Crippen LogP contribution in [-0.2, 0) is 6.42 Å². The molecule has 0 amide bonds. The van der Waals surface area contributed by atoms with Crippen molar-refractivity contribution in [3.05, 3.63) is 48.2 Å². The fourth-order valence-electron chi connectivity index (χ4n) is 1.85. The van der Waals surface area contributed by atoms with E-state index in [4.69, 9.17) is 0 Å². The van der Waals surface area contributed by atoms with Gasteiger partial charge in [0.25, 0.3) is 0 Å². The highest BCUT2D eigenvalue weighted by Crippen LogP contribution is 2.21. The molecule has 4 heteroatoms. The normalized spacial score (nSPS) is 10.7. The number of pyridine rings is 1. The molecule has 2 nitrogen and oxygen atoms in total. The molecule has 0 aliphatic heterocycles. The molecular formula is C15H15F2NO. The van der Waals surface area contributed by atoms with Crippen molar-refractivity contribution in [1.29, 1.82) is 0 Å². The van der Waals surface area contributed by atoms with Gasteiger partial charge in [-0.2, -0.15) is 8.78 Å². The van der Waals surface area contributed by atoms with Crippen LogP contribution in [0.4, 0.5) is 8.78 Å². The summed E-state index contributed by atoms with van der Waals surface area (Å²) >= 11 is 0. The Morgan fingerprint density at radius 3 is 2.37 bits per heavy atom. The second kappa shape index (κ2) is 6.27. The Kier molecular flexibility index (Phi) is 4.44. The van der Waals surface area contributed by atoms with Crippen molar-refractivity contribution in [1.82, 2.24) is 4.98 Å². The predicted molar refractivity (Wildman–Crippen MR) is 70.3 cm³/mol. The summed E-state index contributed by atoms with van der Waals surface area (Å²) in [5.41, 5.74) is 2.98. The van der Waals surface area contributed by atoms with Crippen LogP contribution in [0.5, 0.6) is 5.75 Å². The van der Waals surface area contributed by atoms with Crippen LogP contribution < -0.4 is 4.74 Å². The van der Waals surface area contributed by atoms with Crippen molar-refractivity contribution in [3.63, 3.8) is 0 Å². The molecule has 0 saturated heterocycles. The summed E-state index contributed by atoms with van der Waals surface area (Å²) in [6.45, 7) is -0.682. The first kappa shape index (κ1) is 13.5. The minimum atomic E-state index is -2.82. The molecule has 0 N–H and O–H groups in total. The summed E-state index contributed by atoms with van der Waals surface area (Å²) < 4.78 is 28.3. The molecule has 19 heavy (non-hydrogen) atoms. The summed E-state index contributed by atoms with van der Waals surface area (Å²) in [4.78, 5) is 4.12. The van der Waals surface area contributed by atoms with E-state index in [0.717, 1.165) is 24.1 Å². The highest BCUT2D eigenvalue weighted by molar-refractivity contribution is 5.59.